The van der Waals surface area contributed by atoms with Crippen LogP contribution in [0.15, 0.2) is 11.8 Å². The SMILES string of the molecule is N=C(/C(=C\N)C(=O)N1CCCC(F)(F)C1)C(F)(F)F. The van der Waals surface area contributed by atoms with Gasteiger partial charge in [-0.3, -0.25) is 10.2 Å². The fraction of sp³-hybridized carbons (Fsp3) is 0.600. The molecule has 3 N–H and O–H groups in total. The Kier molecular flexibility index (Phi) is 4.16. The summed E-state index contributed by atoms with van der Waals surface area (Å²) in [6, 6.07) is 0. The minimum Gasteiger partial charge on any atom is -0.404 e. The number of alkyl halides is 5. The van der Waals surface area contributed by atoms with Crippen molar-refractivity contribution in [1.82, 2.24) is 4.90 Å². The minimum atomic E-state index is -5.06. The van der Waals surface area contributed by atoms with Gasteiger partial charge in [-0.1, -0.05) is 0 Å². The number of piperidine rings is 1. The number of carbonyl (C=O) groups is 1. The van der Waals surface area contributed by atoms with Crippen LogP contribution in [0.5, 0.6) is 0 Å². The number of nitrogens with two attached hydrogens (primary N) is 1. The Balaban J connectivity index is 2.89. The summed E-state index contributed by atoms with van der Waals surface area (Å²) < 4.78 is 63.2. The van der Waals surface area contributed by atoms with E-state index in [1.165, 1.54) is 0 Å². The van der Waals surface area contributed by atoms with Crippen molar-refractivity contribution in [2.75, 3.05) is 13.1 Å². The van der Waals surface area contributed by atoms with Crippen molar-refractivity contribution < 1.29 is 26.7 Å². The van der Waals surface area contributed by atoms with Crippen LogP contribution in [0.1, 0.15) is 12.8 Å². The molecule has 0 aromatic rings. The van der Waals surface area contributed by atoms with E-state index in [9.17, 15) is 26.7 Å². The van der Waals surface area contributed by atoms with Crippen LogP contribution >= 0.6 is 0 Å². The number of amides is 1. The van der Waals surface area contributed by atoms with Gasteiger partial charge in [0.15, 0.2) is 0 Å². The predicted octanol–water partition coefficient (Wildman–Crippen LogP) is 1.67. The van der Waals surface area contributed by atoms with Gasteiger partial charge in [-0.25, -0.2) is 8.78 Å². The number of nitrogens with zero attached hydrogens (tertiary/aromatic N) is 1. The first kappa shape index (κ1) is 15.4. The number of likely N-dealkylation sites (tertiary alicyclic amines) is 1. The van der Waals surface area contributed by atoms with Crippen molar-refractivity contribution in [3.63, 3.8) is 0 Å². The van der Waals surface area contributed by atoms with E-state index in [2.05, 4.69) is 0 Å². The lowest BCUT2D eigenvalue weighted by atomic mass is 10.0. The van der Waals surface area contributed by atoms with Crippen LogP contribution in [0.25, 0.3) is 0 Å². The van der Waals surface area contributed by atoms with E-state index in [-0.39, 0.29) is 13.0 Å². The minimum absolute atomic E-state index is 0.0179. The fourth-order valence-electron chi connectivity index (χ4n) is 1.72. The zero-order chi connectivity index (χ0) is 14.8. The van der Waals surface area contributed by atoms with Gasteiger partial charge >= 0.3 is 6.18 Å². The van der Waals surface area contributed by atoms with Crippen molar-refractivity contribution in [3.8, 4) is 0 Å². The van der Waals surface area contributed by atoms with Gasteiger partial charge in [-0.2, -0.15) is 13.2 Å². The van der Waals surface area contributed by atoms with E-state index in [1.807, 2.05) is 0 Å². The molecule has 0 saturated carbocycles. The first-order valence-electron chi connectivity index (χ1n) is 5.33. The van der Waals surface area contributed by atoms with Crippen molar-refractivity contribution >= 4 is 11.6 Å². The molecule has 0 radical (unpaired) electrons. The second kappa shape index (κ2) is 5.14. The second-order valence-corrected chi connectivity index (χ2v) is 4.14. The summed E-state index contributed by atoms with van der Waals surface area (Å²) in [7, 11) is 0. The molecule has 1 aliphatic rings. The van der Waals surface area contributed by atoms with Gasteiger partial charge < -0.3 is 10.6 Å². The van der Waals surface area contributed by atoms with E-state index < -0.39 is 42.3 Å². The molecular formula is C10H12F5N3O. The lowest BCUT2D eigenvalue weighted by molar-refractivity contribution is -0.137. The zero-order valence-electron chi connectivity index (χ0n) is 9.73. The van der Waals surface area contributed by atoms with Crippen LogP contribution in [0.4, 0.5) is 22.0 Å². The Bertz CT molecular complexity index is 416. The topological polar surface area (TPSA) is 70.2 Å². The molecule has 1 fully saturated rings. The van der Waals surface area contributed by atoms with Crippen molar-refractivity contribution in [3.05, 3.63) is 11.8 Å². The summed E-state index contributed by atoms with van der Waals surface area (Å²) in [5.41, 5.74) is 1.85. The van der Waals surface area contributed by atoms with Gasteiger partial charge in [0.1, 0.15) is 5.71 Å². The third-order valence-electron chi connectivity index (χ3n) is 2.63. The number of hydrogen-bond donors (Lipinski definition) is 2. The molecule has 1 saturated heterocycles. The van der Waals surface area contributed by atoms with Crippen molar-refractivity contribution in [2.45, 2.75) is 24.9 Å². The molecule has 0 spiro atoms. The van der Waals surface area contributed by atoms with Gasteiger partial charge in [0.25, 0.3) is 11.8 Å². The first-order valence-corrected chi connectivity index (χ1v) is 5.33. The average molecular weight is 285 g/mol. The smallest absolute Gasteiger partial charge is 0.404 e. The number of nitrogens with one attached hydrogen (secondary N) is 1. The van der Waals surface area contributed by atoms with Crippen LogP contribution in [0.3, 0.4) is 0 Å². The summed E-state index contributed by atoms with van der Waals surface area (Å²) in [5.74, 6) is -4.43. The Morgan fingerprint density at radius 2 is 1.95 bits per heavy atom. The van der Waals surface area contributed by atoms with E-state index in [4.69, 9.17) is 11.1 Å². The number of carbonyl (C=O) groups excluding carboxylic acids is 1. The van der Waals surface area contributed by atoms with E-state index in [0.717, 1.165) is 0 Å². The van der Waals surface area contributed by atoms with Crippen LogP contribution in [-0.2, 0) is 4.79 Å². The average Bonchev–Trinajstić information content (AvgIpc) is 2.27. The van der Waals surface area contributed by atoms with Crippen LogP contribution in [-0.4, -0.2) is 41.7 Å². The highest BCUT2D eigenvalue weighted by Gasteiger charge is 2.43. The standard InChI is InChI=1S/C10H12F5N3O/c11-9(12)2-1-3-18(5-9)8(19)6(4-16)7(17)10(13,14)15/h4,17H,1-3,5,16H2/b6-4+,17-7?. The summed E-state index contributed by atoms with van der Waals surface area (Å²) in [4.78, 5) is 12.3. The maximum Gasteiger partial charge on any atom is 0.433 e. The summed E-state index contributed by atoms with van der Waals surface area (Å²) in [6.07, 6.45) is -5.17. The van der Waals surface area contributed by atoms with E-state index in [1.54, 1.807) is 0 Å². The second-order valence-electron chi connectivity index (χ2n) is 4.14. The lowest BCUT2D eigenvalue weighted by Crippen LogP contribution is -2.47. The highest BCUT2D eigenvalue weighted by molar-refractivity contribution is 6.22. The van der Waals surface area contributed by atoms with Gasteiger partial charge in [0.2, 0.25) is 0 Å². The molecule has 1 aliphatic heterocycles. The molecule has 9 heteroatoms. The Hall–Kier alpha value is -1.67. The third kappa shape index (κ3) is 3.65. The Morgan fingerprint density at radius 1 is 1.37 bits per heavy atom. The van der Waals surface area contributed by atoms with E-state index in [0.29, 0.717) is 11.1 Å². The van der Waals surface area contributed by atoms with Crippen LogP contribution in [0.2, 0.25) is 0 Å². The maximum absolute atomic E-state index is 13.1. The predicted molar refractivity (Wildman–Crippen MR) is 56.8 cm³/mol. The van der Waals surface area contributed by atoms with Gasteiger partial charge in [-0.05, 0) is 6.42 Å². The molecular weight excluding hydrogens is 273 g/mol. The summed E-state index contributed by atoms with van der Waals surface area (Å²) in [6.45, 7) is -1.05. The quantitative estimate of drug-likeness (QED) is 0.460. The zero-order valence-corrected chi connectivity index (χ0v) is 9.73. The van der Waals surface area contributed by atoms with Crippen molar-refractivity contribution in [2.24, 2.45) is 5.73 Å². The molecule has 0 atom stereocenters. The van der Waals surface area contributed by atoms with Crippen molar-refractivity contribution in [1.29, 1.82) is 5.41 Å². The molecule has 1 amide bonds. The molecule has 0 bridgehead atoms. The lowest BCUT2D eigenvalue weighted by Gasteiger charge is -2.33. The highest BCUT2D eigenvalue weighted by Crippen LogP contribution is 2.28. The molecule has 1 heterocycles. The summed E-state index contributed by atoms with van der Waals surface area (Å²) in [5, 5.41) is 6.84. The number of rotatable bonds is 2. The maximum atomic E-state index is 13.1. The Labute approximate surface area is 105 Å². The van der Waals surface area contributed by atoms with Gasteiger partial charge in [0, 0.05) is 19.2 Å². The summed E-state index contributed by atoms with van der Waals surface area (Å²) >= 11 is 0. The molecule has 0 aliphatic carbocycles. The van der Waals surface area contributed by atoms with Crippen LogP contribution in [0, 0.1) is 5.41 Å². The molecule has 4 nitrogen and oxygen atoms in total. The highest BCUT2D eigenvalue weighted by atomic mass is 19.4. The number of hydrogen-bond acceptors (Lipinski definition) is 3. The first-order chi connectivity index (χ1) is 8.58. The molecule has 19 heavy (non-hydrogen) atoms. The van der Waals surface area contributed by atoms with Gasteiger partial charge in [0.05, 0.1) is 12.1 Å². The largest absolute Gasteiger partial charge is 0.433 e. The number of halogens is 5. The molecule has 0 aromatic carbocycles. The monoisotopic (exact) mass is 285 g/mol. The van der Waals surface area contributed by atoms with Gasteiger partial charge in [-0.15, -0.1) is 0 Å². The van der Waals surface area contributed by atoms with Crippen LogP contribution < -0.4 is 5.73 Å². The molecule has 108 valence electrons. The fourth-order valence-corrected chi connectivity index (χ4v) is 1.72. The molecule has 0 unspecified atom stereocenters. The Morgan fingerprint density at radius 3 is 2.37 bits per heavy atom. The third-order valence-corrected chi connectivity index (χ3v) is 2.63. The molecule has 1 rings (SSSR count). The normalized spacial score (nSPS) is 20.3. The molecule has 0 aromatic heterocycles. The van der Waals surface area contributed by atoms with E-state index >= 15 is 0 Å².